The number of hydroxylamine groups is 2. The molecule has 0 radical (unpaired) electrons. The van der Waals surface area contributed by atoms with Crippen LogP contribution in [0.5, 0.6) is 11.5 Å². The first kappa shape index (κ1) is 12.7. The number of ether oxygens (including phenoxy) is 2. The van der Waals surface area contributed by atoms with Crippen molar-refractivity contribution in [3.05, 3.63) is 23.3 Å². The molecule has 1 atom stereocenters. The number of benzene rings is 1. The predicted octanol–water partition coefficient (Wildman–Crippen LogP) is 1.91. The number of hydrogen-bond donors (Lipinski definition) is 1. The third-order valence-electron chi connectivity index (χ3n) is 3.28. The van der Waals surface area contributed by atoms with E-state index in [9.17, 15) is 5.21 Å². The van der Waals surface area contributed by atoms with Crippen LogP contribution in [0.25, 0.3) is 0 Å². The molecular weight excluding hydrogens is 232 g/mol. The van der Waals surface area contributed by atoms with Crippen LogP contribution in [0, 0.1) is 11.3 Å². The smallest absolute Gasteiger partial charge is 0.164 e. The highest BCUT2D eigenvalue weighted by Crippen LogP contribution is 2.40. The minimum atomic E-state index is -0.293. The lowest BCUT2D eigenvalue weighted by Crippen LogP contribution is -2.32. The van der Waals surface area contributed by atoms with Gasteiger partial charge < -0.3 is 14.7 Å². The summed E-state index contributed by atoms with van der Waals surface area (Å²) in [5, 5.41) is 19.9. The van der Waals surface area contributed by atoms with E-state index < -0.39 is 0 Å². The summed E-state index contributed by atoms with van der Waals surface area (Å²) < 4.78 is 10.6. The van der Waals surface area contributed by atoms with Gasteiger partial charge in [0.2, 0.25) is 0 Å². The Morgan fingerprint density at radius 2 is 2.22 bits per heavy atom. The van der Waals surface area contributed by atoms with Gasteiger partial charge in [-0.1, -0.05) is 6.07 Å². The Balaban J connectivity index is 2.51. The fourth-order valence-corrected chi connectivity index (χ4v) is 2.42. The molecule has 2 rings (SSSR count). The second-order valence-electron chi connectivity index (χ2n) is 4.16. The largest absolute Gasteiger partial charge is 0.493 e. The Bertz CT molecular complexity index is 482. The second kappa shape index (κ2) is 5.25. The zero-order valence-corrected chi connectivity index (χ0v) is 10.5. The van der Waals surface area contributed by atoms with Crippen LogP contribution >= 0.6 is 0 Å². The molecule has 0 saturated heterocycles. The quantitative estimate of drug-likeness (QED) is 0.885. The van der Waals surface area contributed by atoms with Gasteiger partial charge in [0.15, 0.2) is 11.5 Å². The van der Waals surface area contributed by atoms with E-state index in [0.29, 0.717) is 24.5 Å². The van der Waals surface area contributed by atoms with Gasteiger partial charge in [0, 0.05) is 12.1 Å². The lowest BCUT2D eigenvalue weighted by Gasteiger charge is -2.32. The molecule has 1 aromatic rings. The van der Waals surface area contributed by atoms with Crippen molar-refractivity contribution in [2.75, 3.05) is 20.8 Å². The molecular formula is C13H16N2O3. The third kappa shape index (κ3) is 2.01. The van der Waals surface area contributed by atoms with E-state index in [2.05, 4.69) is 6.07 Å². The number of hydrogen-bond acceptors (Lipinski definition) is 5. The van der Waals surface area contributed by atoms with Gasteiger partial charge in [0.25, 0.3) is 0 Å². The maximum atomic E-state index is 9.85. The third-order valence-corrected chi connectivity index (χ3v) is 3.28. The first-order valence-corrected chi connectivity index (χ1v) is 5.79. The van der Waals surface area contributed by atoms with Gasteiger partial charge in [0.05, 0.1) is 32.8 Å². The summed E-state index contributed by atoms with van der Waals surface area (Å²) in [6, 6.07) is 5.50. The fraction of sp³-hybridized carbons (Fsp3) is 0.462. The van der Waals surface area contributed by atoms with E-state index in [4.69, 9.17) is 14.7 Å². The van der Waals surface area contributed by atoms with Crippen molar-refractivity contribution in [3.63, 3.8) is 0 Å². The predicted molar refractivity (Wildman–Crippen MR) is 64.7 cm³/mol. The van der Waals surface area contributed by atoms with Crippen LogP contribution in [0.2, 0.25) is 0 Å². The zero-order chi connectivity index (χ0) is 13.1. The van der Waals surface area contributed by atoms with E-state index >= 15 is 0 Å². The molecule has 96 valence electrons. The maximum Gasteiger partial charge on any atom is 0.164 e. The lowest BCUT2D eigenvalue weighted by atomic mass is 9.91. The van der Waals surface area contributed by atoms with Gasteiger partial charge in [-0.3, -0.25) is 0 Å². The summed E-state index contributed by atoms with van der Waals surface area (Å²) in [4.78, 5) is 0. The second-order valence-corrected chi connectivity index (χ2v) is 4.16. The van der Waals surface area contributed by atoms with E-state index in [0.717, 1.165) is 11.1 Å². The molecule has 1 heterocycles. The molecule has 1 aromatic carbocycles. The van der Waals surface area contributed by atoms with Crippen molar-refractivity contribution < 1.29 is 14.7 Å². The van der Waals surface area contributed by atoms with Gasteiger partial charge in [-0.05, 0) is 18.1 Å². The molecule has 5 heteroatoms. The van der Waals surface area contributed by atoms with Crippen LogP contribution in [0.3, 0.4) is 0 Å². The normalized spacial score (nSPS) is 18.9. The Labute approximate surface area is 106 Å². The Morgan fingerprint density at radius 3 is 2.83 bits per heavy atom. The van der Waals surface area contributed by atoms with E-state index in [1.807, 2.05) is 6.07 Å². The van der Waals surface area contributed by atoms with E-state index in [1.54, 1.807) is 20.3 Å². The Hall–Kier alpha value is -1.77. The molecule has 5 nitrogen and oxygen atoms in total. The molecule has 1 aliphatic heterocycles. The summed E-state index contributed by atoms with van der Waals surface area (Å²) in [7, 11) is 3.20. The average Bonchev–Trinajstić information content (AvgIpc) is 2.40. The van der Waals surface area contributed by atoms with Crippen molar-refractivity contribution in [2.45, 2.75) is 18.9 Å². The number of fused-ring (bicyclic) bond motifs is 1. The number of methoxy groups -OCH3 is 2. The molecule has 0 aliphatic carbocycles. The molecule has 1 aliphatic rings. The highest BCUT2D eigenvalue weighted by Gasteiger charge is 2.29. The minimum absolute atomic E-state index is 0.249. The Morgan fingerprint density at radius 1 is 1.44 bits per heavy atom. The van der Waals surface area contributed by atoms with Crippen molar-refractivity contribution in [3.8, 4) is 17.6 Å². The first-order chi connectivity index (χ1) is 8.72. The highest BCUT2D eigenvalue weighted by atomic mass is 16.5. The van der Waals surface area contributed by atoms with Crippen LogP contribution < -0.4 is 9.47 Å². The molecule has 0 saturated carbocycles. The lowest BCUT2D eigenvalue weighted by molar-refractivity contribution is -0.132. The molecule has 0 fully saturated rings. The molecule has 1 N–H and O–H groups in total. The van der Waals surface area contributed by atoms with Gasteiger partial charge in [-0.25, -0.2) is 0 Å². The van der Waals surface area contributed by atoms with Gasteiger partial charge in [-0.2, -0.15) is 10.3 Å². The zero-order valence-electron chi connectivity index (χ0n) is 10.5. The van der Waals surface area contributed by atoms with Gasteiger partial charge >= 0.3 is 0 Å². The average molecular weight is 248 g/mol. The standard InChI is InChI=1S/C13H16N2O3/c1-17-12-4-3-9-10(13(12)18-2)6-8-15(16)11(9)5-7-14/h3-4,11,16H,5-6,8H2,1-2H3. The SMILES string of the molecule is COc1ccc2c(c1OC)CCN(O)C2CC#N. The van der Waals surface area contributed by atoms with Crippen LogP contribution in [0.4, 0.5) is 0 Å². The van der Waals surface area contributed by atoms with Crippen LogP contribution in [-0.2, 0) is 6.42 Å². The number of nitrogens with zero attached hydrogens (tertiary/aromatic N) is 2. The van der Waals surface area contributed by atoms with Crippen molar-refractivity contribution >= 4 is 0 Å². The molecule has 18 heavy (non-hydrogen) atoms. The summed E-state index contributed by atoms with van der Waals surface area (Å²) in [5.74, 6) is 1.38. The minimum Gasteiger partial charge on any atom is -0.493 e. The van der Waals surface area contributed by atoms with E-state index in [1.165, 1.54) is 5.06 Å². The number of nitriles is 1. The topological polar surface area (TPSA) is 65.7 Å². The molecule has 0 amide bonds. The molecule has 0 aromatic heterocycles. The summed E-state index contributed by atoms with van der Waals surface area (Å²) in [6.45, 7) is 0.489. The number of rotatable bonds is 3. The monoisotopic (exact) mass is 248 g/mol. The first-order valence-electron chi connectivity index (χ1n) is 5.79. The van der Waals surface area contributed by atoms with Crippen LogP contribution in [0.1, 0.15) is 23.6 Å². The summed E-state index contributed by atoms with van der Waals surface area (Å²) in [6.07, 6.45) is 0.924. The van der Waals surface area contributed by atoms with Gasteiger partial charge in [0.1, 0.15) is 0 Å². The van der Waals surface area contributed by atoms with Crippen molar-refractivity contribution in [1.29, 1.82) is 5.26 Å². The molecule has 0 spiro atoms. The Kier molecular flexibility index (Phi) is 3.70. The highest BCUT2D eigenvalue weighted by molar-refractivity contribution is 5.52. The van der Waals surface area contributed by atoms with E-state index in [-0.39, 0.29) is 12.5 Å². The molecule has 1 unspecified atom stereocenters. The maximum absolute atomic E-state index is 9.85. The summed E-state index contributed by atoms with van der Waals surface area (Å²) in [5.41, 5.74) is 1.95. The van der Waals surface area contributed by atoms with Crippen molar-refractivity contribution in [1.82, 2.24) is 5.06 Å². The van der Waals surface area contributed by atoms with Crippen LogP contribution in [0.15, 0.2) is 12.1 Å². The molecule has 0 bridgehead atoms. The fourth-order valence-electron chi connectivity index (χ4n) is 2.42. The van der Waals surface area contributed by atoms with Gasteiger partial charge in [-0.15, -0.1) is 0 Å². The van der Waals surface area contributed by atoms with Crippen LogP contribution in [-0.4, -0.2) is 31.0 Å². The van der Waals surface area contributed by atoms with Crippen molar-refractivity contribution in [2.24, 2.45) is 0 Å². The summed E-state index contributed by atoms with van der Waals surface area (Å²) >= 11 is 0.